The number of rotatable bonds is 2. The molecule has 0 aromatic heterocycles. The van der Waals surface area contributed by atoms with Gasteiger partial charge in [-0.1, -0.05) is 0 Å². The summed E-state index contributed by atoms with van der Waals surface area (Å²) >= 11 is 0. The zero-order valence-electron chi connectivity index (χ0n) is 8.32. The zero-order valence-corrected chi connectivity index (χ0v) is 8.32. The van der Waals surface area contributed by atoms with Gasteiger partial charge in [-0.25, -0.2) is 4.79 Å². The molecule has 0 bridgehead atoms. The van der Waals surface area contributed by atoms with Crippen molar-refractivity contribution in [2.45, 2.75) is 31.7 Å². The van der Waals surface area contributed by atoms with Crippen molar-refractivity contribution in [2.75, 3.05) is 13.1 Å². The monoisotopic (exact) mass is 200 g/mol. The number of carbonyl (C=O) groups is 2. The van der Waals surface area contributed by atoms with E-state index in [0.717, 1.165) is 19.3 Å². The highest BCUT2D eigenvalue weighted by molar-refractivity contribution is 6.05. The number of amides is 1. The van der Waals surface area contributed by atoms with E-state index in [1.165, 1.54) is 11.8 Å². The van der Waals surface area contributed by atoms with Gasteiger partial charge in [0.1, 0.15) is 0 Å². The molecule has 1 unspecified atom stereocenters. The molecule has 1 saturated heterocycles. The Morgan fingerprint density at radius 3 is 2.21 bits per heavy atom. The normalized spacial score (nSPS) is 21.4. The minimum absolute atomic E-state index is 0.482. The lowest BCUT2D eigenvalue weighted by molar-refractivity contribution is -0.152. The van der Waals surface area contributed by atoms with Gasteiger partial charge in [-0.05, 0) is 26.2 Å². The van der Waals surface area contributed by atoms with Gasteiger partial charge in [0.05, 0.1) is 0 Å². The first kappa shape index (κ1) is 11.0. The van der Waals surface area contributed by atoms with E-state index in [0.29, 0.717) is 13.1 Å². The molecule has 0 radical (unpaired) electrons. The van der Waals surface area contributed by atoms with Crippen molar-refractivity contribution in [1.29, 1.82) is 0 Å². The Morgan fingerprint density at radius 1 is 1.29 bits per heavy atom. The maximum atomic E-state index is 11.7. The summed E-state index contributed by atoms with van der Waals surface area (Å²) in [6.07, 6.45) is 2.96. The molecular weight excluding hydrogens is 184 g/mol. The van der Waals surface area contributed by atoms with Crippen LogP contribution < -0.4 is 5.73 Å². The summed E-state index contributed by atoms with van der Waals surface area (Å²) in [6, 6.07) is 0. The highest BCUT2D eigenvalue weighted by atomic mass is 16.4. The standard InChI is InChI=1S/C9H16N2O3/c1-9(10,8(13)14)7(12)11-5-3-2-4-6-11/h2-6,10H2,1H3,(H,13,14). The third-order valence-electron chi connectivity index (χ3n) is 2.53. The zero-order chi connectivity index (χ0) is 10.8. The van der Waals surface area contributed by atoms with Crippen LogP contribution in [0.1, 0.15) is 26.2 Å². The van der Waals surface area contributed by atoms with Gasteiger partial charge in [0.25, 0.3) is 5.91 Å². The van der Waals surface area contributed by atoms with Crippen molar-refractivity contribution in [2.24, 2.45) is 5.73 Å². The Bertz CT molecular complexity index is 244. The number of piperidine rings is 1. The van der Waals surface area contributed by atoms with Crippen LogP contribution in [0, 0.1) is 0 Å². The summed E-state index contributed by atoms with van der Waals surface area (Å²) in [6.45, 7) is 2.49. The Balaban J connectivity index is 2.67. The fourth-order valence-electron chi connectivity index (χ4n) is 1.52. The summed E-state index contributed by atoms with van der Waals surface area (Å²) in [5.74, 6) is -1.75. The van der Waals surface area contributed by atoms with Crippen molar-refractivity contribution in [3.05, 3.63) is 0 Å². The van der Waals surface area contributed by atoms with Gasteiger partial charge in [0.15, 0.2) is 5.54 Å². The van der Waals surface area contributed by atoms with Gasteiger partial charge < -0.3 is 15.7 Å². The molecule has 1 amide bonds. The van der Waals surface area contributed by atoms with Gasteiger partial charge in [0, 0.05) is 13.1 Å². The number of carbonyl (C=O) groups excluding carboxylic acids is 1. The van der Waals surface area contributed by atoms with Crippen LogP contribution in [0.4, 0.5) is 0 Å². The predicted molar refractivity (Wildman–Crippen MR) is 50.7 cm³/mol. The minimum atomic E-state index is -1.78. The number of aliphatic carboxylic acids is 1. The summed E-state index contributed by atoms with van der Waals surface area (Å²) in [5, 5.41) is 8.77. The highest BCUT2D eigenvalue weighted by Gasteiger charge is 2.40. The third-order valence-corrected chi connectivity index (χ3v) is 2.53. The molecule has 0 aliphatic carbocycles. The van der Waals surface area contributed by atoms with Gasteiger partial charge in [0.2, 0.25) is 0 Å². The maximum Gasteiger partial charge on any atom is 0.333 e. The van der Waals surface area contributed by atoms with Crippen LogP contribution in [-0.2, 0) is 9.59 Å². The SMILES string of the molecule is CC(N)(C(=O)O)C(=O)N1CCCCC1. The number of nitrogens with zero attached hydrogens (tertiary/aromatic N) is 1. The summed E-state index contributed by atoms with van der Waals surface area (Å²) in [5.41, 5.74) is 3.66. The quantitative estimate of drug-likeness (QED) is 0.605. The first-order chi connectivity index (χ1) is 6.46. The second kappa shape index (κ2) is 3.96. The van der Waals surface area contributed by atoms with Crippen LogP contribution in [0.25, 0.3) is 0 Å². The second-order valence-corrected chi connectivity index (χ2v) is 3.86. The summed E-state index contributed by atoms with van der Waals surface area (Å²) < 4.78 is 0. The molecule has 5 heteroatoms. The summed E-state index contributed by atoms with van der Waals surface area (Å²) in [4.78, 5) is 24.0. The Morgan fingerprint density at radius 2 is 1.79 bits per heavy atom. The van der Waals surface area contributed by atoms with E-state index >= 15 is 0 Å². The van der Waals surface area contributed by atoms with Crippen LogP contribution in [0.5, 0.6) is 0 Å². The molecule has 0 aromatic carbocycles. The van der Waals surface area contributed by atoms with E-state index in [1.807, 2.05) is 0 Å². The molecule has 1 heterocycles. The topological polar surface area (TPSA) is 83.6 Å². The molecule has 3 N–H and O–H groups in total. The molecule has 80 valence electrons. The van der Waals surface area contributed by atoms with Crippen LogP contribution >= 0.6 is 0 Å². The lowest BCUT2D eigenvalue weighted by atomic mass is 10.0. The number of hydrogen-bond acceptors (Lipinski definition) is 3. The lowest BCUT2D eigenvalue weighted by Gasteiger charge is -2.31. The predicted octanol–water partition coefficient (Wildman–Crippen LogP) is -0.199. The number of carboxylic acids is 1. The van der Waals surface area contributed by atoms with Gasteiger partial charge in [-0.2, -0.15) is 0 Å². The smallest absolute Gasteiger partial charge is 0.333 e. The number of hydrogen-bond donors (Lipinski definition) is 2. The number of carboxylic acid groups (broad SMARTS) is 1. The molecule has 1 fully saturated rings. The van der Waals surface area contributed by atoms with E-state index < -0.39 is 17.4 Å². The molecule has 0 saturated carbocycles. The Hall–Kier alpha value is -1.10. The van der Waals surface area contributed by atoms with E-state index in [2.05, 4.69) is 0 Å². The fraction of sp³-hybridized carbons (Fsp3) is 0.778. The number of nitrogens with two attached hydrogens (primary N) is 1. The van der Waals surface area contributed by atoms with Crippen molar-refractivity contribution in [1.82, 2.24) is 4.90 Å². The first-order valence-corrected chi connectivity index (χ1v) is 4.78. The highest BCUT2D eigenvalue weighted by Crippen LogP contribution is 2.13. The van der Waals surface area contributed by atoms with Crippen molar-refractivity contribution >= 4 is 11.9 Å². The Kier molecular flexibility index (Phi) is 3.10. The average Bonchev–Trinajstić information content (AvgIpc) is 2.17. The fourth-order valence-corrected chi connectivity index (χ4v) is 1.52. The van der Waals surface area contributed by atoms with E-state index in [9.17, 15) is 9.59 Å². The largest absolute Gasteiger partial charge is 0.479 e. The van der Waals surface area contributed by atoms with E-state index in [-0.39, 0.29) is 0 Å². The number of likely N-dealkylation sites (tertiary alicyclic amines) is 1. The van der Waals surface area contributed by atoms with Crippen LogP contribution in [-0.4, -0.2) is 40.5 Å². The third kappa shape index (κ3) is 2.04. The molecule has 5 nitrogen and oxygen atoms in total. The van der Waals surface area contributed by atoms with Crippen LogP contribution in [0.15, 0.2) is 0 Å². The minimum Gasteiger partial charge on any atom is -0.479 e. The lowest BCUT2D eigenvalue weighted by Crippen LogP contribution is -2.59. The summed E-state index contributed by atoms with van der Waals surface area (Å²) in [7, 11) is 0. The van der Waals surface area contributed by atoms with Gasteiger partial charge in [-0.3, -0.25) is 4.79 Å². The van der Waals surface area contributed by atoms with Crippen molar-refractivity contribution in [3.8, 4) is 0 Å². The molecule has 1 aliphatic heterocycles. The van der Waals surface area contributed by atoms with Crippen LogP contribution in [0.3, 0.4) is 0 Å². The molecule has 1 atom stereocenters. The average molecular weight is 200 g/mol. The molecule has 0 aromatic rings. The molecule has 14 heavy (non-hydrogen) atoms. The van der Waals surface area contributed by atoms with Gasteiger partial charge >= 0.3 is 5.97 Å². The van der Waals surface area contributed by atoms with Crippen molar-refractivity contribution < 1.29 is 14.7 Å². The Labute approximate surface area is 82.9 Å². The van der Waals surface area contributed by atoms with E-state index in [1.54, 1.807) is 0 Å². The van der Waals surface area contributed by atoms with Crippen LogP contribution in [0.2, 0.25) is 0 Å². The maximum absolute atomic E-state index is 11.7. The molecule has 0 spiro atoms. The molecule has 1 aliphatic rings. The van der Waals surface area contributed by atoms with Crippen molar-refractivity contribution in [3.63, 3.8) is 0 Å². The first-order valence-electron chi connectivity index (χ1n) is 4.78. The second-order valence-electron chi connectivity index (χ2n) is 3.86. The van der Waals surface area contributed by atoms with Gasteiger partial charge in [-0.15, -0.1) is 0 Å². The molecule has 1 rings (SSSR count). The van der Waals surface area contributed by atoms with E-state index in [4.69, 9.17) is 10.8 Å². The molecular formula is C9H16N2O3.